The van der Waals surface area contributed by atoms with Gasteiger partial charge in [-0.05, 0) is 56.8 Å². The SMILES string of the molecule is CCC[C@@]1(c2cc(OC)c(OC)c(C3CC3)c2)CCN(C)C1CC=O. The van der Waals surface area contributed by atoms with E-state index >= 15 is 0 Å². The van der Waals surface area contributed by atoms with E-state index in [4.69, 9.17) is 9.47 Å². The average Bonchev–Trinajstić information content (AvgIpc) is 3.42. The highest BCUT2D eigenvalue weighted by molar-refractivity contribution is 5.56. The van der Waals surface area contributed by atoms with Crippen molar-refractivity contribution in [2.24, 2.45) is 0 Å². The molecule has 1 heterocycles. The molecule has 2 atom stereocenters. The summed E-state index contributed by atoms with van der Waals surface area (Å²) in [6.07, 6.45) is 7.41. The molecule has 1 unspecified atom stereocenters. The molecule has 4 heteroatoms. The number of hydrogen-bond donors (Lipinski definition) is 0. The Balaban J connectivity index is 2.13. The van der Waals surface area contributed by atoms with Gasteiger partial charge in [-0.2, -0.15) is 0 Å². The van der Waals surface area contributed by atoms with Gasteiger partial charge < -0.3 is 19.2 Å². The van der Waals surface area contributed by atoms with Crippen LogP contribution in [0.4, 0.5) is 0 Å². The minimum atomic E-state index is 0.0214. The van der Waals surface area contributed by atoms with Gasteiger partial charge >= 0.3 is 0 Å². The molecule has 1 aliphatic heterocycles. The first-order valence-corrected chi connectivity index (χ1v) is 9.51. The number of ether oxygens (including phenoxy) is 2. The third-order valence-electron chi connectivity index (χ3n) is 6.20. The number of nitrogens with zero attached hydrogens (tertiary/aromatic N) is 1. The van der Waals surface area contributed by atoms with Crippen LogP contribution >= 0.6 is 0 Å². The van der Waals surface area contributed by atoms with Crippen LogP contribution in [-0.4, -0.2) is 45.0 Å². The van der Waals surface area contributed by atoms with Crippen molar-refractivity contribution in [1.29, 1.82) is 0 Å². The lowest BCUT2D eigenvalue weighted by Gasteiger charge is -2.38. The van der Waals surface area contributed by atoms with E-state index in [0.29, 0.717) is 12.3 Å². The minimum Gasteiger partial charge on any atom is -0.493 e. The number of carbonyl (C=O) groups is 1. The predicted molar refractivity (Wildman–Crippen MR) is 99.8 cm³/mol. The fourth-order valence-corrected chi connectivity index (χ4v) is 4.81. The van der Waals surface area contributed by atoms with Gasteiger partial charge in [0.2, 0.25) is 0 Å². The average molecular weight is 345 g/mol. The predicted octanol–water partition coefficient (Wildman–Crippen LogP) is 3.91. The van der Waals surface area contributed by atoms with Crippen molar-refractivity contribution < 1.29 is 14.3 Å². The van der Waals surface area contributed by atoms with Gasteiger partial charge in [-0.3, -0.25) is 0 Å². The standard InChI is InChI=1S/C21H31NO3/c1-5-9-21(10-11-22(2)19(21)8-12-23)16-13-17(15-6-7-15)20(25-4)18(14-16)24-3/h12-15,19H,5-11H2,1-4H3/t19?,21-/m0/s1. The van der Waals surface area contributed by atoms with Crippen LogP contribution in [0.3, 0.4) is 0 Å². The Morgan fingerprint density at radius 1 is 1.28 bits per heavy atom. The summed E-state index contributed by atoms with van der Waals surface area (Å²) in [4.78, 5) is 13.7. The number of benzene rings is 1. The van der Waals surface area contributed by atoms with Crippen molar-refractivity contribution in [3.8, 4) is 11.5 Å². The van der Waals surface area contributed by atoms with Gasteiger partial charge in [0.25, 0.3) is 0 Å². The Labute approximate surface area is 151 Å². The number of hydrogen-bond acceptors (Lipinski definition) is 4. The Hall–Kier alpha value is -1.55. The van der Waals surface area contributed by atoms with Crippen LogP contribution in [0.5, 0.6) is 11.5 Å². The molecule has 0 radical (unpaired) electrons. The second-order valence-electron chi connectivity index (χ2n) is 7.63. The van der Waals surface area contributed by atoms with Gasteiger partial charge in [-0.15, -0.1) is 0 Å². The molecule has 1 saturated heterocycles. The highest BCUT2D eigenvalue weighted by Crippen LogP contribution is 2.52. The van der Waals surface area contributed by atoms with Gasteiger partial charge in [-0.25, -0.2) is 0 Å². The highest BCUT2D eigenvalue weighted by Gasteiger charge is 2.47. The largest absolute Gasteiger partial charge is 0.493 e. The van der Waals surface area contributed by atoms with Gasteiger partial charge in [-0.1, -0.05) is 19.4 Å². The summed E-state index contributed by atoms with van der Waals surface area (Å²) >= 11 is 0. The molecule has 0 amide bonds. The van der Waals surface area contributed by atoms with Crippen LogP contribution in [0.1, 0.15) is 62.5 Å². The van der Waals surface area contributed by atoms with Crippen molar-refractivity contribution in [3.63, 3.8) is 0 Å². The highest BCUT2D eigenvalue weighted by atomic mass is 16.5. The quantitative estimate of drug-likeness (QED) is 0.670. The number of carbonyl (C=O) groups excluding carboxylic acids is 1. The maximum Gasteiger partial charge on any atom is 0.164 e. The number of aldehydes is 1. The van der Waals surface area contributed by atoms with Gasteiger partial charge in [0.1, 0.15) is 6.29 Å². The molecule has 1 aliphatic carbocycles. The molecule has 1 aromatic rings. The van der Waals surface area contributed by atoms with Crippen molar-refractivity contribution >= 4 is 6.29 Å². The summed E-state index contributed by atoms with van der Waals surface area (Å²) < 4.78 is 11.4. The molecule has 0 N–H and O–H groups in total. The van der Waals surface area contributed by atoms with Gasteiger partial charge in [0.15, 0.2) is 11.5 Å². The van der Waals surface area contributed by atoms with E-state index < -0.39 is 0 Å². The molecule has 2 aliphatic rings. The fraction of sp³-hybridized carbons (Fsp3) is 0.667. The van der Waals surface area contributed by atoms with Crippen molar-refractivity contribution in [1.82, 2.24) is 4.90 Å². The third-order valence-corrected chi connectivity index (χ3v) is 6.20. The van der Waals surface area contributed by atoms with Crippen molar-refractivity contribution in [2.75, 3.05) is 27.8 Å². The molecule has 3 rings (SSSR count). The molecule has 2 fully saturated rings. The van der Waals surface area contributed by atoms with Crippen molar-refractivity contribution in [3.05, 3.63) is 23.3 Å². The van der Waals surface area contributed by atoms with E-state index in [2.05, 4.69) is 31.0 Å². The summed E-state index contributed by atoms with van der Waals surface area (Å²) in [5.74, 6) is 2.31. The molecule has 1 saturated carbocycles. The third kappa shape index (κ3) is 3.17. The van der Waals surface area contributed by atoms with Gasteiger partial charge in [0, 0.05) is 23.4 Å². The van der Waals surface area contributed by atoms with E-state index in [1.165, 1.54) is 24.0 Å². The summed E-state index contributed by atoms with van der Waals surface area (Å²) in [6.45, 7) is 3.27. The second-order valence-corrected chi connectivity index (χ2v) is 7.63. The van der Waals surface area contributed by atoms with E-state index in [1.54, 1.807) is 14.2 Å². The molecule has 0 bridgehead atoms. The zero-order valence-corrected chi connectivity index (χ0v) is 16.0. The first kappa shape index (κ1) is 18.2. The lowest BCUT2D eigenvalue weighted by molar-refractivity contribution is -0.109. The van der Waals surface area contributed by atoms with Crippen LogP contribution < -0.4 is 9.47 Å². The summed E-state index contributed by atoms with van der Waals surface area (Å²) in [5, 5.41) is 0. The summed E-state index contributed by atoms with van der Waals surface area (Å²) in [5.41, 5.74) is 2.63. The normalized spacial score (nSPS) is 26.6. The summed E-state index contributed by atoms with van der Waals surface area (Å²) in [6, 6.07) is 4.78. The van der Waals surface area contributed by atoms with E-state index in [-0.39, 0.29) is 11.5 Å². The van der Waals surface area contributed by atoms with Crippen LogP contribution in [-0.2, 0) is 10.2 Å². The molecule has 0 spiro atoms. The smallest absolute Gasteiger partial charge is 0.164 e. The Morgan fingerprint density at radius 2 is 2.04 bits per heavy atom. The molecule has 1 aromatic carbocycles. The number of likely N-dealkylation sites (tertiary alicyclic amines) is 1. The van der Waals surface area contributed by atoms with Crippen LogP contribution in [0.15, 0.2) is 12.1 Å². The molecular formula is C21H31NO3. The Kier molecular flexibility index (Phi) is 5.38. The van der Waals surface area contributed by atoms with Gasteiger partial charge in [0.05, 0.1) is 14.2 Å². The lowest BCUT2D eigenvalue weighted by Crippen LogP contribution is -2.41. The van der Waals surface area contributed by atoms with E-state index in [9.17, 15) is 4.79 Å². The van der Waals surface area contributed by atoms with Crippen molar-refractivity contribution in [2.45, 2.75) is 62.8 Å². The number of rotatable bonds is 8. The first-order valence-electron chi connectivity index (χ1n) is 9.51. The second kappa shape index (κ2) is 7.36. The number of likely N-dealkylation sites (N-methyl/N-ethyl adjacent to an activating group) is 1. The Morgan fingerprint density at radius 3 is 2.60 bits per heavy atom. The first-order chi connectivity index (χ1) is 12.1. The summed E-state index contributed by atoms with van der Waals surface area (Å²) in [7, 11) is 5.59. The zero-order valence-electron chi connectivity index (χ0n) is 16.0. The molecule has 25 heavy (non-hydrogen) atoms. The Bertz CT molecular complexity index is 622. The molecular weight excluding hydrogens is 314 g/mol. The molecule has 0 aromatic heterocycles. The topological polar surface area (TPSA) is 38.8 Å². The minimum absolute atomic E-state index is 0.0214. The maximum atomic E-state index is 11.4. The number of methoxy groups -OCH3 is 2. The van der Waals surface area contributed by atoms with Crippen LogP contribution in [0.2, 0.25) is 0 Å². The molecule has 4 nitrogen and oxygen atoms in total. The maximum absolute atomic E-state index is 11.4. The fourth-order valence-electron chi connectivity index (χ4n) is 4.81. The van der Waals surface area contributed by atoms with Crippen LogP contribution in [0, 0.1) is 0 Å². The van der Waals surface area contributed by atoms with E-state index in [1.807, 2.05) is 0 Å². The van der Waals surface area contributed by atoms with E-state index in [0.717, 1.165) is 43.6 Å². The lowest BCUT2D eigenvalue weighted by atomic mass is 9.69. The zero-order chi connectivity index (χ0) is 18.0. The molecule has 138 valence electrons. The monoisotopic (exact) mass is 345 g/mol. The van der Waals surface area contributed by atoms with Crippen LogP contribution in [0.25, 0.3) is 0 Å².